The zero-order chi connectivity index (χ0) is 14.0. The molecular weight excluding hydrogens is 340 g/mol. The van der Waals surface area contributed by atoms with Crippen molar-refractivity contribution < 1.29 is 17.2 Å². The fraction of sp³-hybridized carbons (Fsp3) is 0. The maximum absolute atomic E-state index is 13.4. The zero-order valence-corrected chi connectivity index (χ0v) is 11.8. The second-order valence-corrected chi connectivity index (χ2v) is 6.17. The predicted octanol–water partition coefficient (Wildman–Crippen LogP) is 3.53. The normalized spacial score (nSPS) is 11.3. The Morgan fingerprint density at radius 3 is 2.32 bits per heavy atom. The number of hydrogen-bond acceptors (Lipinski definition) is 2. The lowest BCUT2D eigenvalue weighted by Gasteiger charge is -2.09. The van der Waals surface area contributed by atoms with Crippen LogP contribution in [-0.4, -0.2) is 8.42 Å². The summed E-state index contributed by atoms with van der Waals surface area (Å²) in [6, 6.07) is 8.61. The first kappa shape index (κ1) is 14.0. The molecule has 0 aliphatic heterocycles. The van der Waals surface area contributed by atoms with Crippen LogP contribution in [0.15, 0.2) is 51.8 Å². The van der Waals surface area contributed by atoms with Gasteiger partial charge in [-0.2, -0.15) is 0 Å². The lowest BCUT2D eigenvalue weighted by Crippen LogP contribution is -2.14. The van der Waals surface area contributed by atoms with Gasteiger partial charge in [0.15, 0.2) is 0 Å². The van der Waals surface area contributed by atoms with Crippen molar-refractivity contribution in [3.8, 4) is 0 Å². The first-order chi connectivity index (χ1) is 8.90. The van der Waals surface area contributed by atoms with Crippen LogP contribution >= 0.6 is 15.9 Å². The van der Waals surface area contributed by atoms with E-state index in [1.165, 1.54) is 24.3 Å². The summed E-state index contributed by atoms with van der Waals surface area (Å²) >= 11 is 2.94. The van der Waals surface area contributed by atoms with Crippen molar-refractivity contribution in [1.29, 1.82) is 0 Å². The lowest BCUT2D eigenvalue weighted by molar-refractivity contribution is 0.570. The Balaban J connectivity index is 2.37. The van der Waals surface area contributed by atoms with Gasteiger partial charge in [-0.3, -0.25) is 4.72 Å². The molecule has 2 aromatic rings. The summed E-state index contributed by atoms with van der Waals surface area (Å²) in [6.07, 6.45) is 0. The molecule has 2 aromatic carbocycles. The minimum Gasteiger partial charge on any atom is -0.280 e. The molecule has 1 N–H and O–H groups in total. The van der Waals surface area contributed by atoms with Gasteiger partial charge in [0.1, 0.15) is 16.5 Å². The van der Waals surface area contributed by atoms with Crippen molar-refractivity contribution in [3.63, 3.8) is 0 Å². The van der Waals surface area contributed by atoms with Gasteiger partial charge in [0.05, 0.1) is 10.2 Å². The SMILES string of the molecule is O=S(=O)(Nc1ccc(F)c(Br)c1)c1ccccc1F. The van der Waals surface area contributed by atoms with Gasteiger partial charge in [-0.1, -0.05) is 12.1 Å². The third-order valence-corrected chi connectivity index (χ3v) is 4.32. The highest BCUT2D eigenvalue weighted by atomic mass is 79.9. The van der Waals surface area contributed by atoms with E-state index in [-0.39, 0.29) is 10.2 Å². The molecule has 0 radical (unpaired) electrons. The quantitative estimate of drug-likeness (QED) is 0.923. The van der Waals surface area contributed by atoms with Gasteiger partial charge >= 0.3 is 0 Å². The van der Waals surface area contributed by atoms with E-state index in [1.54, 1.807) is 0 Å². The molecule has 0 amide bonds. The summed E-state index contributed by atoms with van der Waals surface area (Å²) in [4.78, 5) is -0.463. The minimum absolute atomic E-state index is 0.112. The Bertz CT molecular complexity index is 719. The molecule has 7 heteroatoms. The zero-order valence-electron chi connectivity index (χ0n) is 9.40. The van der Waals surface area contributed by atoms with Crippen LogP contribution in [0.5, 0.6) is 0 Å². The average molecular weight is 348 g/mol. The molecule has 0 saturated heterocycles. The fourth-order valence-electron chi connectivity index (χ4n) is 1.43. The molecule has 0 saturated carbocycles. The monoisotopic (exact) mass is 347 g/mol. The van der Waals surface area contributed by atoms with Crippen LogP contribution < -0.4 is 4.72 Å². The van der Waals surface area contributed by atoms with Gasteiger partial charge in [0, 0.05) is 0 Å². The highest BCUT2D eigenvalue weighted by molar-refractivity contribution is 9.10. The lowest BCUT2D eigenvalue weighted by atomic mass is 10.3. The van der Waals surface area contributed by atoms with Gasteiger partial charge in [0.25, 0.3) is 10.0 Å². The Morgan fingerprint density at radius 2 is 1.68 bits per heavy atom. The third kappa shape index (κ3) is 3.10. The van der Waals surface area contributed by atoms with Crippen LogP contribution in [0.1, 0.15) is 0 Å². The highest BCUT2D eigenvalue weighted by Crippen LogP contribution is 2.23. The standard InChI is InChI=1S/C12H8BrF2NO2S/c13-9-7-8(5-6-10(9)14)16-19(17,18)12-4-2-1-3-11(12)15/h1-7,16H. The number of rotatable bonds is 3. The van der Waals surface area contributed by atoms with Crippen LogP contribution in [0.2, 0.25) is 0 Å². The predicted molar refractivity (Wildman–Crippen MR) is 71.3 cm³/mol. The number of nitrogens with one attached hydrogen (secondary N) is 1. The van der Waals surface area contributed by atoms with Gasteiger partial charge in [-0.05, 0) is 46.3 Å². The van der Waals surface area contributed by atoms with Crippen LogP contribution in [0.3, 0.4) is 0 Å². The molecule has 2 rings (SSSR count). The molecule has 0 aliphatic carbocycles. The van der Waals surface area contributed by atoms with Gasteiger partial charge in [-0.25, -0.2) is 17.2 Å². The molecule has 0 heterocycles. The summed E-state index contributed by atoms with van der Waals surface area (Å²) in [7, 11) is -4.04. The molecule has 0 atom stereocenters. The summed E-state index contributed by atoms with van der Waals surface area (Å²) in [5.41, 5.74) is 0.136. The smallest absolute Gasteiger partial charge is 0.264 e. The molecular formula is C12H8BrF2NO2S. The number of benzene rings is 2. The van der Waals surface area contributed by atoms with Crippen molar-refractivity contribution in [2.75, 3.05) is 4.72 Å². The first-order valence-corrected chi connectivity index (χ1v) is 7.40. The first-order valence-electron chi connectivity index (χ1n) is 5.12. The summed E-state index contributed by atoms with van der Waals surface area (Å²) in [6.45, 7) is 0. The van der Waals surface area contributed by atoms with E-state index in [0.717, 1.165) is 18.2 Å². The summed E-state index contributed by atoms with van der Waals surface area (Å²) in [5, 5.41) is 0. The fourth-order valence-corrected chi connectivity index (χ4v) is 2.94. The van der Waals surface area contributed by atoms with E-state index in [0.29, 0.717) is 0 Å². The van der Waals surface area contributed by atoms with Gasteiger partial charge in [-0.15, -0.1) is 0 Å². The van der Waals surface area contributed by atoms with Crippen molar-refractivity contribution in [1.82, 2.24) is 0 Å². The van der Waals surface area contributed by atoms with E-state index in [9.17, 15) is 17.2 Å². The van der Waals surface area contributed by atoms with E-state index in [2.05, 4.69) is 20.7 Å². The average Bonchev–Trinajstić information content (AvgIpc) is 2.34. The number of halogens is 3. The Kier molecular flexibility index (Phi) is 3.86. The maximum Gasteiger partial charge on any atom is 0.264 e. The second kappa shape index (κ2) is 5.26. The van der Waals surface area contributed by atoms with E-state index >= 15 is 0 Å². The second-order valence-electron chi connectivity index (χ2n) is 3.66. The Labute approximate surface area is 117 Å². The minimum atomic E-state index is -4.04. The van der Waals surface area contributed by atoms with Crippen LogP contribution in [-0.2, 0) is 10.0 Å². The van der Waals surface area contributed by atoms with Crippen LogP contribution in [0, 0.1) is 11.6 Å². The van der Waals surface area contributed by atoms with Crippen LogP contribution in [0.4, 0.5) is 14.5 Å². The van der Waals surface area contributed by atoms with Gasteiger partial charge < -0.3 is 0 Å². The van der Waals surface area contributed by atoms with Crippen molar-refractivity contribution in [2.24, 2.45) is 0 Å². The molecule has 0 spiro atoms. The van der Waals surface area contributed by atoms with E-state index < -0.39 is 26.6 Å². The molecule has 100 valence electrons. The molecule has 0 aromatic heterocycles. The largest absolute Gasteiger partial charge is 0.280 e. The number of sulfonamides is 1. The highest BCUT2D eigenvalue weighted by Gasteiger charge is 2.18. The molecule has 0 bridgehead atoms. The topological polar surface area (TPSA) is 46.2 Å². The molecule has 0 fully saturated rings. The molecule has 0 unspecified atom stereocenters. The number of anilines is 1. The Morgan fingerprint density at radius 1 is 1.00 bits per heavy atom. The van der Waals surface area contributed by atoms with Gasteiger partial charge in [0.2, 0.25) is 0 Å². The molecule has 3 nitrogen and oxygen atoms in total. The Hall–Kier alpha value is -1.47. The van der Waals surface area contributed by atoms with E-state index in [1.807, 2.05) is 0 Å². The van der Waals surface area contributed by atoms with Crippen molar-refractivity contribution in [2.45, 2.75) is 4.90 Å². The number of hydrogen-bond donors (Lipinski definition) is 1. The van der Waals surface area contributed by atoms with E-state index in [4.69, 9.17) is 0 Å². The molecule has 0 aliphatic rings. The molecule has 19 heavy (non-hydrogen) atoms. The van der Waals surface area contributed by atoms with Crippen LogP contribution in [0.25, 0.3) is 0 Å². The van der Waals surface area contributed by atoms with Crippen molar-refractivity contribution in [3.05, 3.63) is 58.6 Å². The van der Waals surface area contributed by atoms with Crippen molar-refractivity contribution >= 4 is 31.6 Å². The maximum atomic E-state index is 13.4. The third-order valence-electron chi connectivity index (χ3n) is 2.30. The summed E-state index contributed by atoms with van der Waals surface area (Å²) in [5.74, 6) is -1.37. The summed E-state index contributed by atoms with van der Waals surface area (Å²) < 4.78 is 52.7.